The van der Waals surface area contributed by atoms with Gasteiger partial charge in [0.2, 0.25) is 5.75 Å². The first-order valence-corrected chi connectivity index (χ1v) is 4.90. The number of benzene rings is 1. The summed E-state index contributed by atoms with van der Waals surface area (Å²) in [5.41, 5.74) is 1.02. The molecular formula is C10H8ClNO4. The van der Waals surface area contributed by atoms with Gasteiger partial charge in [-0.1, -0.05) is 11.6 Å². The predicted molar refractivity (Wildman–Crippen MR) is 58.7 cm³/mol. The summed E-state index contributed by atoms with van der Waals surface area (Å²) in [7, 11) is 0. The van der Waals surface area contributed by atoms with Crippen molar-refractivity contribution < 1.29 is 14.8 Å². The van der Waals surface area contributed by atoms with Crippen molar-refractivity contribution in [2.75, 3.05) is 13.2 Å². The highest BCUT2D eigenvalue weighted by atomic mass is 35.5. The van der Waals surface area contributed by atoms with E-state index >= 15 is 0 Å². The molecule has 1 aromatic carbocycles. The Bertz CT molecular complexity index is 484. The molecule has 1 N–H and O–H groups in total. The van der Waals surface area contributed by atoms with E-state index in [9.17, 15) is 10.1 Å². The Hall–Kier alpha value is -1.59. The summed E-state index contributed by atoms with van der Waals surface area (Å²) in [6, 6.07) is 2.82. The van der Waals surface area contributed by atoms with Crippen LogP contribution in [0.5, 0.6) is 5.75 Å². The van der Waals surface area contributed by atoms with Crippen molar-refractivity contribution in [3.63, 3.8) is 0 Å². The lowest BCUT2D eigenvalue weighted by Crippen LogP contribution is -2.11. The Kier molecular flexibility index (Phi) is 2.80. The van der Waals surface area contributed by atoms with E-state index in [1.54, 1.807) is 12.1 Å². The zero-order chi connectivity index (χ0) is 11.7. The van der Waals surface area contributed by atoms with Crippen molar-refractivity contribution >= 4 is 23.4 Å². The third-order valence-corrected chi connectivity index (χ3v) is 2.44. The number of hydrogen-bond donors (Lipinski definition) is 1. The van der Waals surface area contributed by atoms with Crippen LogP contribution in [0.4, 0.5) is 5.69 Å². The van der Waals surface area contributed by atoms with E-state index in [-0.39, 0.29) is 29.7 Å². The summed E-state index contributed by atoms with van der Waals surface area (Å²) in [6.45, 7) is 0.0196. The third kappa shape index (κ3) is 1.87. The summed E-state index contributed by atoms with van der Waals surface area (Å²) in [5, 5.41) is 20.0. The minimum absolute atomic E-state index is 0.139. The fraction of sp³-hybridized carbons (Fsp3) is 0.200. The highest BCUT2D eigenvalue weighted by Gasteiger charge is 2.23. The van der Waals surface area contributed by atoms with Crippen molar-refractivity contribution in [2.45, 2.75) is 0 Å². The van der Waals surface area contributed by atoms with Crippen LogP contribution in [0.1, 0.15) is 5.56 Å². The summed E-state index contributed by atoms with van der Waals surface area (Å²) in [6.07, 6.45) is 1.65. The quantitative estimate of drug-likeness (QED) is 0.635. The van der Waals surface area contributed by atoms with Crippen LogP contribution in [0.15, 0.2) is 17.7 Å². The summed E-state index contributed by atoms with van der Waals surface area (Å²) in [4.78, 5) is 10.2. The Morgan fingerprint density at radius 2 is 2.31 bits per heavy atom. The number of nitrogens with zero attached hydrogens (tertiary/aromatic N) is 1. The number of halogens is 1. The second kappa shape index (κ2) is 4.11. The number of nitro benzene ring substituents is 1. The van der Waals surface area contributed by atoms with Gasteiger partial charge in [-0.2, -0.15) is 0 Å². The first-order chi connectivity index (χ1) is 7.61. The number of hydrogen-bond acceptors (Lipinski definition) is 4. The van der Waals surface area contributed by atoms with Gasteiger partial charge >= 0.3 is 5.69 Å². The average molecular weight is 242 g/mol. The van der Waals surface area contributed by atoms with Crippen molar-refractivity contribution in [2.24, 2.45) is 0 Å². The van der Waals surface area contributed by atoms with E-state index in [1.165, 1.54) is 6.07 Å². The minimum Gasteiger partial charge on any atom is -0.482 e. The fourth-order valence-electron chi connectivity index (χ4n) is 1.52. The molecule has 0 spiro atoms. The third-order valence-electron chi connectivity index (χ3n) is 2.22. The zero-order valence-electron chi connectivity index (χ0n) is 8.14. The second-order valence-corrected chi connectivity index (χ2v) is 3.79. The maximum absolute atomic E-state index is 10.8. The van der Waals surface area contributed by atoms with Crippen LogP contribution in [0.3, 0.4) is 0 Å². The van der Waals surface area contributed by atoms with Crippen LogP contribution < -0.4 is 4.74 Å². The van der Waals surface area contributed by atoms with Gasteiger partial charge in [0.05, 0.1) is 11.5 Å². The topological polar surface area (TPSA) is 72.6 Å². The van der Waals surface area contributed by atoms with Crippen molar-refractivity contribution in [1.82, 2.24) is 0 Å². The molecule has 0 fully saturated rings. The molecule has 6 heteroatoms. The van der Waals surface area contributed by atoms with E-state index in [4.69, 9.17) is 21.4 Å². The Balaban J connectivity index is 2.58. The SMILES string of the molecule is O=[N+]([O-])c1cc(Cl)cc2c1OCC(CO)=C2. The van der Waals surface area contributed by atoms with Gasteiger partial charge in [-0.05, 0) is 17.7 Å². The van der Waals surface area contributed by atoms with Gasteiger partial charge in [0.1, 0.15) is 6.61 Å². The molecule has 0 amide bonds. The normalized spacial score (nSPS) is 13.8. The Morgan fingerprint density at radius 1 is 1.56 bits per heavy atom. The molecule has 5 nitrogen and oxygen atoms in total. The molecule has 0 unspecified atom stereocenters. The first-order valence-electron chi connectivity index (χ1n) is 4.53. The van der Waals surface area contributed by atoms with Crippen molar-refractivity contribution in [3.8, 4) is 5.75 Å². The maximum atomic E-state index is 10.8. The van der Waals surface area contributed by atoms with Crippen LogP contribution in [-0.4, -0.2) is 23.2 Å². The zero-order valence-corrected chi connectivity index (χ0v) is 8.90. The molecular weight excluding hydrogens is 234 g/mol. The molecule has 0 aliphatic carbocycles. The lowest BCUT2D eigenvalue weighted by atomic mass is 10.1. The lowest BCUT2D eigenvalue weighted by Gasteiger charge is -2.16. The molecule has 2 rings (SSSR count). The average Bonchev–Trinajstić information content (AvgIpc) is 2.26. The molecule has 0 saturated heterocycles. The predicted octanol–water partition coefficient (Wildman–Crippen LogP) is 2.02. The van der Waals surface area contributed by atoms with Gasteiger partial charge in [0, 0.05) is 16.7 Å². The number of aliphatic hydroxyl groups is 1. The molecule has 0 atom stereocenters. The first kappa shape index (κ1) is 10.9. The minimum atomic E-state index is -0.539. The highest BCUT2D eigenvalue weighted by molar-refractivity contribution is 6.31. The molecule has 1 aromatic rings. The van der Waals surface area contributed by atoms with Gasteiger partial charge in [0.25, 0.3) is 0 Å². The van der Waals surface area contributed by atoms with Crippen LogP contribution in [0, 0.1) is 10.1 Å². The van der Waals surface area contributed by atoms with E-state index in [1.807, 2.05) is 0 Å². The number of aliphatic hydroxyl groups excluding tert-OH is 1. The summed E-state index contributed by atoms with van der Waals surface area (Å²) in [5.74, 6) is 0.201. The molecule has 0 aromatic heterocycles. The van der Waals surface area contributed by atoms with E-state index in [0.29, 0.717) is 11.1 Å². The number of nitro groups is 1. The van der Waals surface area contributed by atoms with Gasteiger partial charge in [-0.15, -0.1) is 0 Å². The van der Waals surface area contributed by atoms with E-state index < -0.39 is 4.92 Å². The molecule has 1 aliphatic heterocycles. The lowest BCUT2D eigenvalue weighted by molar-refractivity contribution is -0.385. The van der Waals surface area contributed by atoms with E-state index in [2.05, 4.69) is 0 Å². The number of ether oxygens (including phenoxy) is 1. The van der Waals surface area contributed by atoms with Crippen LogP contribution in [0.25, 0.3) is 6.08 Å². The molecule has 0 bridgehead atoms. The largest absolute Gasteiger partial charge is 0.482 e. The van der Waals surface area contributed by atoms with Gasteiger partial charge in [-0.3, -0.25) is 10.1 Å². The number of fused-ring (bicyclic) bond motifs is 1. The molecule has 16 heavy (non-hydrogen) atoms. The van der Waals surface area contributed by atoms with Crippen molar-refractivity contribution in [3.05, 3.63) is 38.4 Å². The molecule has 84 valence electrons. The molecule has 1 heterocycles. The molecule has 0 saturated carbocycles. The second-order valence-electron chi connectivity index (χ2n) is 3.35. The maximum Gasteiger partial charge on any atom is 0.313 e. The van der Waals surface area contributed by atoms with Crippen molar-refractivity contribution in [1.29, 1.82) is 0 Å². The Morgan fingerprint density at radius 3 is 2.94 bits per heavy atom. The molecule has 1 aliphatic rings. The Labute approximate surface area is 96.1 Å². The summed E-state index contributed by atoms with van der Waals surface area (Å²) < 4.78 is 5.25. The summed E-state index contributed by atoms with van der Waals surface area (Å²) >= 11 is 5.77. The van der Waals surface area contributed by atoms with Gasteiger partial charge in [-0.25, -0.2) is 0 Å². The van der Waals surface area contributed by atoms with Crippen LogP contribution >= 0.6 is 11.6 Å². The van der Waals surface area contributed by atoms with Gasteiger partial charge < -0.3 is 9.84 Å². The molecule has 0 radical (unpaired) electrons. The van der Waals surface area contributed by atoms with E-state index in [0.717, 1.165) is 0 Å². The fourth-order valence-corrected chi connectivity index (χ4v) is 1.74. The van der Waals surface area contributed by atoms with Gasteiger partial charge in [0.15, 0.2) is 0 Å². The highest BCUT2D eigenvalue weighted by Crippen LogP contribution is 2.37. The standard InChI is InChI=1S/C10H8ClNO4/c11-8-2-7-1-6(4-13)5-16-10(7)9(3-8)12(14)15/h1-3,13H,4-5H2. The smallest absolute Gasteiger partial charge is 0.313 e. The number of rotatable bonds is 2. The van der Waals surface area contributed by atoms with Crippen LogP contribution in [-0.2, 0) is 0 Å². The monoisotopic (exact) mass is 241 g/mol. The van der Waals surface area contributed by atoms with Crippen LogP contribution in [0.2, 0.25) is 5.02 Å².